The topological polar surface area (TPSA) is 96.0 Å². The van der Waals surface area contributed by atoms with Crippen molar-refractivity contribution in [2.24, 2.45) is 17.8 Å². The molecule has 1 saturated heterocycles. The highest BCUT2D eigenvalue weighted by Gasteiger charge is 2.65. The fourth-order valence-corrected chi connectivity index (χ4v) is 4.59. The molecule has 0 aromatic rings. The first kappa shape index (κ1) is 22.0. The zero-order valence-corrected chi connectivity index (χ0v) is 18.2. The van der Waals surface area contributed by atoms with Crippen LogP contribution >= 0.6 is 0 Å². The number of rotatable bonds is 4. The normalized spacial score (nSPS) is 32.8. The molecule has 30 heavy (non-hydrogen) atoms. The number of esters is 3. The minimum atomic E-state index is -1.65. The SMILES string of the molecule is C=C(C)C(=O)O[C@H]1CC(C)=C2C(=O)C=C(C)[C@@H]2[C@H]2OC(=O)[C@@](C)(OC(=O)C(C)C)[C@@H]21. The molecular weight excluding hydrogens is 388 g/mol. The van der Waals surface area contributed by atoms with Crippen LogP contribution in [0.1, 0.15) is 48.0 Å². The smallest absolute Gasteiger partial charge is 0.351 e. The van der Waals surface area contributed by atoms with Crippen LogP contribution in [0, 0.1) is 17.8 Å². The van der Waals surface area contributed by atoms with Gasteiger partial charge in [-0.05, 0) is 33.8 Å². The van der Waals surface area contributed by atoms with Gasteiger partial charge in [0.1, 0.15) is 12.2 Å². The highest BCUT2D eigenvalue weighted by Crippen LogP contribution is 2.51. The lowest BCUT2D eigenvalue weighted by molar-refractivity contribution is -0.180. The second kappa shape index (κ2) is 7.52. The van der Waals surface area contributed by atoms with E-state index in [4.69, 9.17) is 14.2 Å². The van der Waals surface area contributed by atoms with Crippen LogP contribution < -0.4 is 0 Å². The van der Waals surface area contributed by atoms with Gasteiger partial charge in [-0.1, -0.05) is 31.6 Å². The number of carbonyl (C=O) groups excluding carboxylic acids is 4. The minimum absolute atomic E-state index is 0.135. The van der Waals surface area contributed by atoms with Gasteiger partial charge in [0.2, 0.25) is 5.60 Å². The summed E-state index contributed by atoms with van der Waals surface area (Å²) in [6.07, 6.45) is 0.157. The summed E-state index contributed by atoms with van der Waals surface area (Å²) >= 11 is 0. The summed E-state index contributed by atoms with van der Waals surface area (Å²) in [4.78, 5) is 50.4. The van der Waals surface area contributed by atoms with Crippen molar-refractivity contribution < 1.29 is 33.4 Å². The monoisotopic (exact) mass is 416 g/mol. The molecule has 0 aromatic carbocycles. The molecule has 3 aliphatic rings. The van der Waals surface area contributed by atoms with Crippen molar-refractivity contribution in [3.05, 3.63) is 34.9 Å². The van der Waals surface area contributed by atoms with Crippen molar-refractivity contribution in [3.8, 4) is 0 Å². The molecule has 0 amide bonds. The molecule has 7 heteroatoms. The Labute approximate surface area is 176 Å². The van der Waals surface area contributed by atoms with Gasteiger partial charge < -0.3 is 14.2 Å². The van der Waals surface area contributed by atoms with Gasteiger partial charge in [-0.3, -0.25) is 9.59 Å². The van der Waals surface area contributed by atoms with Gasteiger partial charge in [0.05, 0.1) is 11.8 Å². The maximum Gasteiger partial charge on any atom is 0.351 e. The second-order valence-corrected chi connectivity index (χ2v) is 8.93. The number of fused-ring (bicyclic) bond motifs is 3. The number of hydrogen-bond donors (Lipinski definition) is 0. The van der Waals surface area contributed by atoms with E-state index in [1.807, 2.05) is 13.8 Å². The highest BCUT2D eigenvalue weighted by atomic mass is 16.6. The molecule has 7 nitrogen and oxygen atoms in total. The van der Waals surface area contributed by atoms with Crippen LogP contribution in [0.4, 0.5) is 0 Å². The molecule has 0 spiro atoms. The van der Waals surface area contributed by atoms with E-state index in [-0.39, 0.29) is 17.8 Å². The first-order valence-corrected chi connectivity index (χ1v) is 10.1. The van der Waals surface area contributed by atoms with Gasteiger partial charge in [-0.2, -0.15) is 0 Å². The lowest BCUT2D eigenvalue weighted by atomic mass is 9.77. The molecule has 1 heterocycles. The zero-order valence-electron chi connectivity index (χ0n) is 18.2. The van der Waals surface area contributed by atoms with E-state index in [9.17, 15) is 19.2 Å². The van der Waals surface area contributed by atoms with Crippen molar-refractivity contribution in [2.75, 3.05) is 0 Å². The fourth-order valence-electron chi connectivity index (χ4n) is 4.59. The van der Waals surface area contributed by atoms with Crippen LogP contribution in [0.2, 0.25) is 0 Å². The van der Waals surface area contributed by atoms with E-state index in [0.717, 1.165) is 11.1 Å². The van der Waals surface area contributed by atoms with Crippen LogP contribution in [-0.2, 0) is 33.4 Å². The molecule has 0 radical (unpaired) electrons. The summed E-state index contributed by atoms with van der Waals surface area (Å²) in [6, 6.07) is 0. The summed E-state index contributed by atoms with van der Waals surface area (Å²) in [5.74, 6) is -3.69. The molecule has 1 fully saturated rings. The molecule has 1 aliphatic heterocycles. The Morgan fingerprint density at radius 3 is 2.47 bits per heavy atom. The Bertz CT molecular complexity index is 907. The number of hydrogen-bond acceptors (Lipinski definition) is 7. The molecule has 0 saturated carbocycles. The summed E-state index contributed by atoms with van der Waals surface area (Å²) in [5, 5.41) is 0. The number of ether oxygens (including phenoxy) is 3. The summed E-state index contributed by atoms with van der Waals surface area (Å²) < 4.78 is 17.1. The van der Waals surface area contributed by atoms with Crippen LogP contribution in [0.15, 0.2) is 34.9 Å². The van der Waals surface area contributed by atoms with E-state index >= 15 is 0 Å². The molecule has 0 N–H and O–H groups in total. The number of ketones is 1. The van der Waals surface area contributed by atoms with Crippen LogP contribution in [0.25, 0.3) is 0 Å². The lowest BCUT2D eigenvalue weighted by Crippen LogP contribution is -2.51. The van der Waals surface area contributed by atoms with Crippen molar-refractivity contribution in [2.45, 2.75) is 65.8 Å². The molecule has 0 bridgehead atoms. The second-order valence-electron chi connectivity index (χ2n) is 8.93. The van der Waals surface area contributed by atoms with E-state index < -0.39 is 53.5 Å². The van der Waals surface area contributed by atoms with Crippen LogP contribution in [-0.4, -0.2) is 41.5 Å². The van der Waals surface area contributed by atoms with Gasteiger partial charge in [0.25, 0.3) is 0 Å². The van der Waals surface area contributed by atoms with Gasteiger partial charge in [-0.25, -0.2) is 9.59 Å². The Morgan fingerprint density at radius 1 is 1.27 bits per heavy atom. The van der Waals surface area contributed by atoms with Gasteiger partial charge in [0.15, 0.2) is 5.78 Å². The first-order chi connectivity index (χ1) is 13.9. The van der Waals surface area contributed by atoms with E-state index in [0.29, 0.717) is 5.57 Å². The molecule has 3 rings (SSSR count). The van der Waals surface area contributed by atoms with E-state index in [1.165, 1.54) is 13.8 Å². The van der Waals surface area contributed by atoms with Gasteiger partial charge >= 0.3 is 17.9 Å². The Balaban J connectivity index is 2.12. The molecule has 0 aromatic heterocycles. The lowest BCUT2D eigenvalue weighted by Gasteiger charge is -2.35. The minimum Gasteiger partial charge on any atom is -0.458 e. The van der Waals surface area contributed by atoms with Gasteiger partial charge in [0, 0.05) is 23.5 Å². The fraction of sp³-hybridized carbons (Fsp3) is 0.565. The molecular formula is C23H28O7. The van der Waals surface area contributed by atoms with Crippen molar-refractivity contribution >= 4 is 23.7 Å². The quantitative estimate of drug-likeness (QED) is 0.395. The van der Waals surface area contributed by atoms with E-state index in [1.54, 1.807) is 19.9 Å². The predicted molar refractivity (Wildman–Crippen MR) is 107 cm³/mol. The van der Waals surface area contributed by atoms with Gasteiger partial charge in [-0.15, -0.1) is 0 Å². The number of allylic oxidation sites excluding steroid dienone is 1. The third-order valence-electron chi connectivity index (χ3n) is 6.15. The standard InChI is InChI=1S/C23H28O7/c1-10(2)20(25)28-15-9-13(6)16-14(24)8-12(5)17(16)19-18(15)23(7,22(27)29-19)30-21(26)11(3)4/h8,11,15,17-19H,1,9H2,2-7H3/t15-,17-,18+,19+,23-/m0/s1. The van der Waals surface area contributed by atoms with Crippen molar-refractivity contribution in [1.82, 2.24) is 0 Å². The Hall–Kier alpha value is -2.70. The van der Waals surface area contributed by atoms with E-state index in [2.05, 4.69) is 6.58 Å². The third-order valence-corrected chi connectivity index (χ3v) is 6.15. The average Bonchev–Trinajstić information content (AvgIpc) is 3.01. The maximum atomic E-state index is 13.0. The summed E-state index contributed by atoms with van der Waals surface area (Å²) in [7, 11) is 0. The van der Waals surface area contributed by atoms with Crippen molar-refractivity contribution in [1.29, 1.82) is 0 Å². The summed E-state index contributed by atoms with van der Waals surface area (Å²) in [5.41, 5.74) is 0.653. The van der Waals surface area contributed by atoms with Crippen LogP contribution in [0.3, 0.4) is 0 Å². The molecule has 162 valence electrons. The Kier molecular flexibility index (Phi) is 5.52. The predicted octanol–water partition coefficient (Wildman–Crippen LogP) is 2.84. The largest absolute Gasteiger partial charge is 0.458 e. The highest BCUT2D eigenvalue weighted by molar-refractivity contribution is 6.09. The molecule has 2 aliphatic carbocycles. The van der Waals surface area contributed by atoms with Crippen molar-refractivity contribution in [3.63, 3.8) is 0 Å². The zero-order chi connectivity index (χ0) is 22.5. The molecule has 5 atom stereocenters. The maximum absolute atomic E-state index is 13.0. The van der Waals surface area contributed by atoms with Crippen LogP contribution in [0.5, 0.6) is 0 Å². The molecule has 0 unspecified atom stereocenters. The average molecular weight is 416 g/mol. The number of carbonyl (C=O) groups is 4. The third kappa shape index (κ3) is 3.40. The summed E-state index contributed by atoms with van der Waals surface area (Å²) in [6.45, 7) is 13.6. The Morgan fingerprint density at radius 2 is 1.90 bits per heavy atom. The first-order valence-electron chi connectivity index (χ1n) is 10.1.